The lowest BCUT2D eigenvalue weighted by atomic mass is 10.3. The van der Waals surface area contributed by atoms with E-state index in [1.54, 1.807) is 42.7 Å². The molecule has 0 saturated heterocycles. The lowest BCUT2D eigenvalue weighted by Gasteiger charge is -2.24. The zero-order valence-corrected chi connectivity index (χ0v) is 29.5. The Labute approximate surface area is 262 Å². The van der Waals surface area contributed by atoms with Crippen molar-refractivity contribution in [1.82, 2.24) is 26.6 Å². The van der Waals surface area contributed by atoms with E-state index in [9.17, 15) is 10.2 Å². The number of hydrogen-bond donors (Lipinski definition) is 7. The van der Waals surface area contributed by atoms with E-state index in [0.717, 1.165) is 65.2 Å². The molecule has 17 heteroatoms. The van der Waals surface area contributed by atoms with Gasteiger partial charge >= 0.3 is 17.6 Å². The van der Waals surface area contributed by atoms with E-state index < -0.39 is 29.8 Å². The summed E-state index contributed by atoms with van der Waals surface area (Å²) in [6, 6.07) is 1.35. The van der Waals surface area contributed by atoms with Crippen molar-refractivity contribution in [3.63, 3.8) is 0 Å². The van der Waals surface area contributed by atoms with Crippen LogP contribution >= 0.6 is 0 Å². The monoisotopic (exact) mass is 661 g/mol. The smallest absolute Gasteiger partial charge is 0.389 e. The van der Waals surface area contributed by atoms with Crippen molar-refractivity contribution >= 4 is 17.6 Å². The molecule has 260 valence electrons. The molecule has 2 unspecified atom stereocenters. The van der Waals surface area contributed by atoms with Crippen LogP contribution in [-0.4, -0.2) is 175 Å². The van der Waals surface area contributed by atoms with Crippen LogP contribution in [0.2, 0.25) is 12.1 Å². The highest BCUT2D eigenvalue weighted by Gasteiger charge is 2.37. The fourth-order valence-corrected chi connectivity index (χ4v) is 7.45. The predicted octanol–water partition coefficient (Wildman–Crippen LogP) is -1.77. The van der Waals surface area contributed by atoms with Gasteiger partial charge in [-0.05, 0) is 12.8 Å². The van der Waals surface area contributed by atoms with Gasteiger partial charge in [-0.25, -0.2) is 0 Å². The molecule has 0 spiro atoms. The molecule has 15 nitrogen and oxygen atoms in total. The minimum Gasteiger partial charge on any atom is -0.389 e. The molecule has 2 atom stereocenters. The summed E-state index contributed by atoms with van der Waals surface area (Å²) < 4.78 is 43.4. The lowest BCUT2D eigenvalue weighted by molar-refractivity contribution is 0.0353. The Morgan fingerprint density at radius 3 is 1.02 bits per heavy atom. The van der Waals surface area contributed by atoms with Crippen LogP contribution in [0.15, 0.2) is 0 Å². The molecule has 0 aliphatic heterocycles. The number of aliphatic hydroxyl groups is 2. The molecule has 0 aromatic rings. The molecule has 0 saturated carbocycles. The second-order valence-corrected chi connectivity index (χ2v) is 16.1. The second-order valence-electron chi connectivity index (χ2n) is 9.91. The number of nitrogens with one attached hydrogen (secondary N) is 5. The summed E-state index contributed by atoms with van der Waals surface area (Å²) in [5.41, 5.74) is 0. The molecule has 43 heavy (non-hydrogen) atoms. The van der Waals surface area contributed by atoms with Gasteiger partial charge in [-0.3, -0.25) is 0 Å². The maximum Gasteiger partial charge on any atom is 0.500 e. The van der Waals surface area contributed by atoms with E-state index in [-0.39, 0.29) is 13.2 Å². The number of rotatable bonds is 34. The normalized spacial score (nSPS) is 14.0. The van der Waals surface area contributed by atoms with Gasteiger partial charge in [-0.15, -0.1) is 0 Å². The van der Waals surface area contributed by atoms with E-state index in [1.165, 1.54) is 0 Å². The molecule has 0 aliphatic rings. The van der Waals surface area contributed by atoms with Crippen molar-refractivity contribution in [3.8, 4) is 0 Å². The van der Waals surface area contributed by atoms with Crippen LogP contribution < -0.4 is 26.6 Å². The van der Waals surface area contributed by atoms with Crippen LogP contribution in [0.3, 0.4) is 0 Å². The summed E-state index contributed by atoms with van der Waals surface area (Å²) in [6.07, 6.45) is 0.408. The van der Waals surface area contributed by atoms with Gasteiger partial charge in [0.1, 0.15) is 0 Å². The molecule has 0 bridgehead atoms. The fourth-order valence-electron chi connectivity index (χ4n) is 4.07. The molecule has 0 aliphatic carbocycles. The van der Waals surface area contributed by atoms with Crippen LogP contribution in [0, 0.1) is 0 Å². The van der Waals surface area contributed by atoms with Gasteiger partial charge in [0.05, 0.1) is 25.4 Å². The summed E-state index contributed by atoms with van der Waals surface area (Å²) in [6.45, 7) is 9.30. The van der Waals surface area contributed by atoms with Crippen molar-refractivity contribution in [2.75, 3.05) is 135 Å². The Bertz CT molecular complexity index is 538. The van der Waals surface area contributed by atoms with E-state index >= 15 is 0 Å². The molecule has 0 aromatic heterocycles. The molecular formula is C26H63N5O10Si2. The van der Waals surface area contributed by atoms with E-state index in [2.05, 4.69) is 26.6 Å². The summed E-state index contributed by atoms with van der Waals surface area (Å²) in [5, 5.41) is 36.6. The molecule has 0 radical (unpaired) electrons. The van der Waals surface area contributed by atoms with Crippen LogP contribution in [0.1, 0.15) is 12.8 Å². The van der Waals surface area contributed by atoms with Gasteiger partial charge in [0.15, 0.2) is 0 Å². The summed E-state index contributed by atoms with van der Waals surface area (Å²) in [7, 11) is 4.48. The van der Waals surface area contributed by atoms with Gasteiger partial charge in [0.25, 0.3) is 0 Å². The SMILES string of the molecule is CO[Si](CCCOCC(O)CNCCNCCNCCNCCNCC(O)COCCC[Si](OC)(OC)OC)(OC)OC. The topological polar surface area (TPSA) is 174 Å². The molecule has 0 amide bonds. The number of hydrogen-bond acceptors (Lipinski definition) is 15. The highest BCUT2D eigenvalue weighted by atomic mass is 28.4. The zero-order valence-electron chi connectivity index (χ0n) is 27.5. The third kappa shape index (κ3) is 22.9. The second kappa shape index (κ2) is 29.2. The van der Waals surface area contributed by atoms with E-state index in [0.29, 0.717) is 38.4 Å². The molecule has 0 heterocycles. The molecular weight excluding hydrogens is 598 g/mol. The maximum absolute atomic E-state index is 10.0. The average molecular weight is 662 g/mol. The molecule has 0 aromatic carbocycles. The van der Waals surface area contributed by atoms with Crippen LogP contribution in [0.4, 0.5) is 0 Å². The highest BCUT2D eigenvalue weighted by Crippen LogP contribution is 2.15. The molecule has 0 rings (SSSR count). The third-order valence-corrected chi connectivity index (χ3v) is 12.4. The van der Waals surface area contributed by atoms with E-state index in [1.807, 2.05) is 0 Å². The Hall–Kier alpha value is -0.166. The first-order valence-electron chi connectivity index (χ1n) is 15.2. The zero-order chi connectivity index (χ0) is 32.1. The number of ether oxygens (including phenoxy) is 2. The summed E-state index contributed by atoms with van der Waals surface area (Å²) >= 11 is 0. The fraction of sp³-hybridized carbons (Fsp3) is 1.00. The Kier molecular flexibility index (Phi) is 29.1. The third-order valence-electron chi connectivity index (χ3n) is 6.70. The molecule has 7 N–H and O–H groups in total. The van der Waals surface area contributed by atoms with Crippen molar-refractivity contribution in [2.24, 2.45) is 0 Å². The number of aliphatic hydroxyl groups excluding tert-OH is 2. The van der Waals surface area contributed by atoms with Gasteiger partial charge in [-0.2, -0.15) is 0 Å². The minimum atomic E-state index is -2.55. The lowest BCUT2D eigenvalue weighted by Crippen LogP contribution is -2.42. The van der Waals surface area contributed by atoms with Crippen LogP contribution in [0.5, 0.6) is 0 Å². The largest absolute Gasteiger partial charge is 0.500 e. The Morgan fingerprint density at radius 1 is 0.465 bits per heavy atom. The minimum absolute atomic E-state index is 0.288. The van der Waals surface area contributed by atoms with E-state index in [4.69, 9.17) is 36.0 Å². The average Bonchev–Trinajstić information content (AvgIpc) is 3.03. The van der Waals surface area contributed by atoms with Crippen molar-refractivity contribution in [2.45, 2.75) is 37.1 Å². The highest BCUT2D eigenvalue weighted by molar-refractivity contribution is 6.60. The summed E-state index contributed by atoms with van der Waals surface area (Å²) in [4.78, 5) is 0. The first kappa shape index (κ1) is 42.8. The van der Waals surface area contributed by atoms with Crippen molar-refractivity contribution in [1.29, 1.82) is 0 Å². The van der Waals surface area contributed by atoms with Gasteiger partial charge in [0, 0.05) is 133 Å². The molecule has 0 fully saturated rings. The summed E-state index contributed by atoms with van der Waals surface area (Å²) in [5.74, 6) is 0. The van der Waals surface area contributed by atoms with Crippen molar-refractivity contribution < 1.29 is 46.2 Å². The van der Waals surface area contributed by atoms with Crippen LogP contribution in [-0.2, 0) is 36.0 Å². The van der Waals surface area contributed by atoms with Crippen molar-refractivity contribution in [3.05, 3.63) is 0 Å². The van der Waals surface area contributed by atoms with Gasteiger partial charge < -0.3 is 72.8 Å². The Balaban J connectivity index is 3.41. The quantitative estimate of drug-likeness (QED) is 0.0305. The predicted molar refractivity (Wildman–Crippen MR) is 170 cm³/mol. The standard InChI is InChI=1S/C26H63N5O10Si2/c1-34-42(35-2,36-3)19-7-17-40-23-25(32)21-30-15-13-28-11-9-27-10-12-29-14-16-31-22-26(33)24-41-18-8-20-43(37-4,38-5)39-6/h25-33H,7-24H2,1-6H3. The first-order valence-corrected chi connectivity index (χ1v) is 19.1. The first-order chi connectivity index (χ1) is 20.9. The maximum atomic E-state index is 10.0. The van der Waals surface area contributed by atoms with Crippen LogP contribution in [0.25, 0.3) is 0 Å². The van der Waals surface area contributed by atoms with Gasteiger partial charge in [0.2, 0.25) is 0 Å². The Morgan fingerprint density at radius 2 is 0.744 bits per heavy atom. The van der Waals surface area contributed by atoms with Gasteiger partial charge in [-0.1, -0.05) is 0 Å².